The van der Waals surface area contributed by atoms with Crippen LogP contribution in [0.25, 0.3) is 6.08 Å². The highest BCUT2D eigenvalue weighted by atomic mass is 15.0. The van der Waals surface area contributed by atoms with Gasteiger partial charge in [0.1, 0.15) is 0 Å². The number of rotatable bonds is 3. The maximum atomic E-state index is 3.63. The second-order valence-corrected chi connectivity index (χ2v) is 6.07. The Morgan fingerprint density at radius 1 is 0.640 bits per heavy atom. The van der Waals surface area contributed by atoms with E-state index in [-0.39, 0.29) is 6.04 Å². The molecule has 1 aliphatic rings. The monoisotopic (exact) mass is 324 g/mol. The van der Waals surface area contributed by atoms with E-state index in [0.29, 0.717) is 0 Å². The Morgan fingerprint density at radius 2 is 1.28 bits per heavy atom. The highest BCUT2D eigenvalue weighted by molar-refractivity contribution is 5.74. The first-order valence-corrected chi connectivity index (χ1v) is 8.51. The summed E-state index contributed by atoms with van der Waals surface area (Å²) in [6.07, 6.45) is 6.50. The molecule has 0 bridgehead atoms. The smallest absolute Gasteiger partial charge is 0.0721 e. The molecule has 0 saturated heterocycles. The van der Waals surface area contributed by atoms with Crippen molar-refractivity contribution in [3.63, 3.8) is 0 Å². The van der Waals surface area contributed by atoms with Gasteiger partial charge in [-0.05, 0) is 35.4 Å². The average Bonchev–Trinajstić information content (AvgIpc) is 2.87. The fourth-order valence-electron chi connectivity index (χ4n) is 2.99. The molecule has 0 radical (unpaired) electrons. The van der Waals surface area contributed by atoms with Gasteiger partial charge >= 0.3 is 0 Å². The van der Waals surface area contributed by atoms with Crippen molar-refractivity contribution in [2.24, 2.45) is 0 Å². The number of benzene rings is 3. The van der Waals surface area contributed by atoms with E-state index in [4.69, 9.17) is 0 Å². The zero-order valence-electron chi connectivity index (χ0n) is 13.9. The lowest BCUT2D eigenvalue weighted by atomic mass is 10.1. The lowest BCUT2D eigenvalue weighted by Crippen LogP contribution is -2.07. The highest BCUT2D eigenvalue weighted by Crippen LogP contribution is 2.32. The van der Waals surface area contributed by atoms with Gasteiger partial charge in [-0.1, -0.05) is 78.9 Å². The molecule has 1 heterocycles. The van der Waals surface area contributed by atoms with Crippen molar-refractivity contribution in [2.45, 2.75) is 6.04 Å². The average molecular weight is 324 g/mol. The Bertz CT molecular complexity index is 896. The van der Waals surface area contributed by atoms with Crippen LogP contribution in [0, 0.1) is 0 Å². The molecule has 0 amide bonds. The lowest BCUT2D eigenvalue weighted by Gasteiger charge is -2.16. The molecule has 2 heteroatoms. The molecule has 0 aliphatic carbocycles. The minimum absolute atomic E-state index is 0.118. The first kappa shape index (κ1) is 15.3. The van der Waals surface area contributed by atoms with Crippen molar-refractivity contribution in [2.75, 3.05) is 10.6 Å². The summed E-state index contributed by atoms with van der Waals surface area (Å²) in [5.41, 5.74) is 5.70. The van der Waals surface area contributed by atoms with Crippen LogP contribution in [0.3, 0.4) is 0 Å². The maximum Gasteiger partial charge on any atom is 0.0721 e. The van der Waals surface area contributed by atoms with E-state index in [1.165, 1.54) is 11.1 Å². The third-order valence-corrected chi connectivity index (χ3v) is 4.28. The summed E-state index contributed by atoms with van der Waals surface area (Å²) in [5.74, 6) is 0. The zero-order chi connectivity index (χ0) is 16.9. The number of fused-ring (bicyclic) bond motifs is 1. The number of para-hydroxylation sites is 2. The van der Waals surface area contributed by atoms with E-state index in [0.717, 1.165) is 17.1 Å². The Hall–Kier alpha value is -3.26. The fourth-order valence-corrected chi connectivity index (χ4v) is 2.99. The summed E-state index contributed by atoms with van der Waals surface area (Å²) in [6.45, 7) is 0. The minimum Gasteiger partial charge on any atom is -0.373 e. The van der Waals surface area contributed by atoms with Crippen molar-refractivity contribution >= 4 is 17.5 Å². The second-order valence-electron chi connectivity index (χ2n) is 6.07. The Balaban J connectivity index is 1.70. The third-order valence-electron chi connectivity index (χ3n) is 4.28. The first-order chi connectivity index (χ1) is 12.4. The van der Waals surface area contributed by atoms with Crippen LogP contribution in [0.2, 0.25) is 0 Å². The van der Waals surface area contributed by atoms with E-state index in [1.807, 2.05) is 12.1 Å². The molecule has 1 atom stereocenters. The van der Waals surface area contributed by atoms with Crippen molar-refractivity contribution in [1.82, 2.24) is 0 Å². The van der Waals surface area contributed by atoms with E-state index in [9.17, 15) is 0 Å². The summed E-state index contributed by atoms with van der Waals surface area (Å²) in [4.78, 5) is 0. The molecule has 1 unspecified atom stereocenters. The maximum absolute atomic E-state index is 3.63. The number of anilines is 2. The van der Waals surface area contributed by atoms with E-state index in [2.05, 4.69) is 102 Å². The zero-order valence-corrected chi connectivity index (χ0v) is 13.9. The predicted octanol–water partition coefficient (Wildman–Crippen LogP) is 5.86. The molecular weight excluding hydrogens is 304 g/mol. The molecule has 3 aromatic rings. The van der Waals surface area contributed by atoms with Crippen LogP contribution < -0.4 is 10.6 Å². The number of hydrogen-bond donors (Lipinski definition) is 2. The van der Waals surface area contributed by atoms with Crippen molar-refractivity contribution in [3.8, 4) is 0 Å². The summed E-state index contributed by atoms with van der Waals surface area (Å²) in [7, 11) is 0. The van der Waals surface area contributed by atoms with Gasteiger partial charge in [0.25, 0.3) is 0 Å². The molecule has 2 N–H and O–H groups in total. The van der Waals surface area contributed by atoms with Crippen LogP contribution in [0.15, 0.2) is 103 Å². The standard InChI is InChI=1S/C23H20N2/c1-3-9-18(10-4-1)15-16-20-17-23(19-11-5-2-6-12-19)25-22-14-8-7-13-21(22)24-20/h1-17,23-25H. The third kappa shape index (κ3) is 3.64. The van der Waals surface area contributed by atoms with Gasteiger partial charge in [-0.15, -0.1) is 0 Å². The molecule has 122 valence electrons. The summed E-state index contributed by atoms with van der Waals surface area (Å²) in [6, 6.07) is 29.3. The van der Waals surface area contributed by atoms with Crippen LogP contribution >= 0.6 is 0 Å². The molecule has 0 fully saturated rings. The van der Waals surface area contributed by atoms with Crippen LogP contribution in [-0.4, -0.2) is 0 Å². The molecule has 0 spiro atoms. The van der Waals surface area contributed by atoms with Gasteiger partial charge < -0.3 is 10.6 Å². The van der Waals surface area contributed by atoms with Crippen LogP contribution in [0.5, 0.6) is 0 Å². The molecule has 25 heavy (non-hydrogen) atoms. The number of nitrogens with one attached hydrogen (secondary N) is 2. The SMILES string of the molecule is C(=Cc1ccccc1)C1=CC(c2ccccc2)Nc2ccccc2N1. The fraction of sp³-hybridized carbons (Fsp3) is 0.0435. The predicted molar refractivity (Wildman–Crippen MR) is 106 cm³/mol. The second kappa shape index (κ2) is 7.10. The number of allylic oxidation sites excluding steroid dienone is 1. The van der Waals surface area contributed by atoms with Crippen molar-refractivity contribution in [3.05, 3.63) is 114 Å². The molecular formula is C23H20N2. The number of hydrogen-bond acceptors (Lipinski definition) is 2. The highest BCUT2D eigenvalue weighted by Gasteiger charge is 2.15. The normalized spacial score (nSPS) is 16.3. The van der Waals surface area contributed by atoms with Gasteiger partial charge in [0, 0.05) is 5.70 Å². The Morgan fingerprint density at radius 3 is 2.04 bits per heavy atom. The van der Waals surface area contributed by atoms with Crippen LogP contribution in [0.1, 0.15) is 17.2 Å². The van der Waals surface area contributed by atoms with Gasteiger partial charge in [-0.25, -0.2) is 0 Å². The van der Waals surface area contributed by atoms with Gasteiger partial charge in [-0.2, -0.15) is 0 Å². The molecule has 0 saturated carbocycles. The first-order valence-electron chi connectivity index (χ1n) is 8.51. The Labute approximate surface area is 148 Å². The molecule has 2 nitrogen and oxygen atoms in total. The van der Waals surface area contributed by atoms with Gasteiger partial charge in [0.15, 0.2) is 0 Å². The van der Waals surface area contributed by atoms with Gasteiger partial charge in [0.05, 0.1) is 17.4 Å². The van der Waals surface area contributed by atoms with E-state index >= 15 is 0 Å². The summed E-state index contributed by atoms with van der Waals surface area (Å²) < 4.78 is 0. The largest absolute Gasteiger partial charge is 0.373 e. The van der Waals surface area contributed by atoms with E-state index in [1.54, 1.807) is 0 Å². The van der Waals surface area contributed by atoms with Crippen molar-refractivity contribution in [1.29, 1.82) is 0 Å². The van der Waals surface area contributed by atoms with Gasteiger partial charge in [-0.3, -0.25) is 0 Å². The molecule has 4 rings (SSSR count). The topological polar surface area (TPSA) is 24.1 Å². The van der Waals surface area contributed by atoms with E-state index < -0.39 is 0 Å². The lowest BCUT2D eigenvalue weighted by molar-refractivity contribution is 0.985. The Kier molecular flexibility index (Phi) is 4.34. The van der Waals surface area contributed by atoms with Crippen LogP contribution in [-0.2, 0) is 0 Å². The summed E-state index contributed by atoms with van der Waals surface area (Å²) >= 11 is 0. The summed E-state index contributed by atoms with van der Waals surface area (Å²) in [5, 5.41) is 7.17. The van der Waals surface area contributed by atoms with Crippen LogP contribution in [0.4, 0.5) is 11.4 Å². The van der Waals surface area contributed by atoms with Gasteiger partial charge in [0.2, 0.25) is 0 Å². The molecule has 3 aromatic carbocycles. The molecule has 1 aliphatic heterocycles. The molecule has 0 aromatic heterocycles. The van der Waals surface area contributed by atoms with Crippen molar-refractivity contribution < 1.29 is 0 Å². The minimum atomic E-state index is 0.118. The quantitative estimate of drug-likeness (QED) is 0.630.